The maximum Gasteiger partial charge on any atom is 0.178 e. The van der Waals surface area contributed by atoms with Gasteiger partial charge in [-0.2, -0.15) is 0 Å². The Morgan fingerprint density at radius 1 is 1.29 bits per heavy atom. The van der Waals surface area contributed by atoms with Gasteiger partial charge in [0.2, 0.25) is 0 Å². The second-order valence-electron chi connectivity index (χ2n) is 3.14. The van der Waals surface area contributed by atoms with Crippen LogP contribution in [0.25, 0.3) is 0 Å². The van der Waals surface area contributed by atoms with Crippen LogP contribution in [0.4, 0.5) is 0 Å². The van der Waals surface area contributed by atoms with Gasteiger partial charge in [0.1, 0.15) is 5.60 Å². The molecule has 1 aliphatic carbocycles. The van der Waals surface area contributed by atoms with Crippen LogP contribution < -0.4 is 0 Å². The number of aromatic nitrogens is 1. The molecule has 0 spiro atoms. The fourth-order valence-electron chi connectivity index (χ4n) is 1.32. The van der Waals surface area contributed by atoms with Crippen molar-refractivity contribution in [2.45, 2.75) is 5.60 Å². The SMILES string of the molecule is O=C1C=CC(O)(c2cccnc2)C=C1. The number of nitrogens with zero attached hydrogens (tertiary/aromatic N) is 1. The largest absolute Gasteiger partial charge is 0.377 e. The molecule has 0 amide bonds. The van der Waals surface area contributed by atoms with Crippen LogP contribution >= 0.6 is 0 Å². The monoisotopic (exact) mass is 187 g/mol. The van der Waals surface area contributed by atoms with E-state index in [1.54, 1.807) is 24.5 Å². The van der Waals surface area contributed by atoms with Crippen molar-refractivity contribution in [3.8, 4) is 0 Å². The van der Waals surface area contributed by atoms with E-state index in [4.69, 9.17) is 0 Å². The van der Waals surface area contributed by atoms with Crippen LogP contribution in [0.5, 0.6) is 0 Å². The molecule has 0 radical (unpaired) electrons. The predicted octanol–water partition coefficient (Wildman–Crippen LogP) is 0.964. The van der Waals surface area contributed by atoms with Gasteiger partial charge < -0.3 is 5.11 Å². The fraction of sp³-hybridized carbons (Fsp3) is 0.0909. The number of allylic oxidation sites excluding steroid dienone is 2. The quantitative estimate of drug-likeness (QED) is 0.712. The van der Waals surface area contributed by atoms with Gasteiger partial charge >= 0.3 is 0 Å². The topological polar surface area (TPSA) is 50.2 Å². The molecule has 0 fully saturated rings. The van der Waals surface area contributed by atoms with E-state index < -0.39 is 5.60 Å². The Morgan fingerprint density at radius 2 is 2.00 bits per heavy atom. The van der Waals surface area contributed by atoms with Crippen molar-refractivity contribution in [1.29, 1.82) is 0 Å². The first kappa shape index (κ1) is 8.84. The summed E-state index contributed by atoms with van der Waals surface area (Å²) in [7, 11) is 0. The lowest BCUT2D eigenvalue weighted by Gasteiger charge is -2.22. The molecule has 0 atom stereocenters. The fourth-order valence-corrected chi connectivity index (χ4v) is 1.32. The Kier molecular flexibility index (Phi) is 2.02. The molecule has 3 heteroatoms. The Labute approximate surface area is 81.4 Å². The van der Waals surface area contributed by atoms with E-state index in [0.717, 1.165) is 0 Å². The number of hydrogen-bond donors (Lipinski definition) is 1. The van der Waals surface area contributed by atoms with Gasteiger partial charge in [-0.15, -0.1) is 0 Å². The molecule has 0 saturated carbocycles. The highest BCUT2D eigenvalue weighted by molar-refractivity contribution is 6.00. The molecule has 70 valence electrons. The van der Waals surface area contributed by atoms with Crippen LogP contribution in [0.3, 0.4) is 0 Å². The van der Waals surface area contributed by atoms with Crippen LogP contribution in [0.1, 0.15) is 5.56 Å². The molecule has 1 N–H and O–H groups in total. The summed E-state index contributed by atoms with van der Waals surface area (Å²) in [5.41, 5.74) is -0.540. The zero-order valence-electron chi connectivity index (χ0n) is 7.42. The average Bonchev–Trinajstić information content (AvgIpc) is 2.24. The van der Waals surface area contributed by atoms with Crippen LogP contribution in [-0.2, 0) is 10.4 Å². The van der Waals surface area contributed by atoms with Crippen molar-refractivity contribution < 1.29 is 9.90 Å². The van der Waals surface area contributed by atoms with Crippen molar-refractivity contribution in [2.24, 2.45) is 0 Å². The summed E-state index contributed by atoms with van der Waals surface area (Å²) in [6.07, 6.45) is 8.84. The molecule has 0 bridgehead atoms. The molecule has 0 saturated heterocycles. The molecular weight excluding hydrogens is 178 g/mol. The van der Waals surface area contributed by atoms with Gasteiger partial charge in [-0.25, -0.2) is 0 Å². The molecular formula is C11H9NO2. The molecule has 0 unspecified atom stereocenters. The number of carbonyl (C=O) groups excluding carboxylic acids is 1. The lowest BCUT2D eigenvalue weighted by atomic mass is 9.91. The van der Waals surface area contributed by atoms with Gasteiger partial charge in [0, 0.05) is 18.0 Å². The van der Waals surface area contributed by atoms with Crippen molar-refractivity contribution in [2.75, 3.05) is 0 Å². The first-order valence-electron chi connectivity index (χ1n) is 4.26. The molecule has 1 aromatic heterocycles. The van der Waals surface area contributed by atoms with Crippen LogP contribution in [-0.4, -0.2) is 15.9 Å². The second-order valence-corrected chi connectivity index (χ2v) is 3.14. The van der Waals surface area contributed by atoms with E-state index in [-0.39, 0.29) is 5.78 Å². The lowest BCUT2D eigenvalue weighted by molar-refractivity contribution is -0.110. The van der Waals surface area contributed by atoms with Gasteiger partial charge in [-0.05, 0) is 30.4 Å². The molecule has 2 rings (SSSR count). The highest BCUT2D eigenvalue weighted by Crippen LogP contribution is 2.25. The minimum absolute atomic E-state index is 0.112. The first-order valence-corrected chi connectivity index (χ1v) is 4.26. The minimum atomic E-state index is -1.19. The lowest BCUT2D eigenvalue weighted by Crippen LogP contribution is -2.22. The zero-order chi connectivity index (χ0) is 10.0. The summed E-state index contributed by atoms with van der Waals surface area (Å²) >= 11 is 0. The van der Waals surface area contributed by atoms with Crippen LogP contribution in [0.2, 0.25) is 0 Å². The molecule has 1 aromatic rings. The third-order valence-corrected chi connectivity index (χ3v) is 2.13. The second kappa shape index (κ2) is 3.20. The molecule has 0 aliphatic heterocycles. The van der Waals surface area contributed by atoms with Crippen LogP contribution in [0, 0.1) is 0 Å². The van der Waals surface area contributed by atoms with E-state index >= 15 is 0 Å². The van der Waals surface area contributed by atoms with E-state index in [0.29, 0.717) is 5.56 Å². The number of pyridine rings is 1. The number of ketones is 1. The van der Waals surface area contributed by atoms with Gasteiger partial charge in [0.25, 0.3) is 0 Å². The summed E-state index contributed by atoms with van der Waals surface area (Å²) in [6.45, 7) is 0. The van der Waals surface area contributed by atoms with E-state index in [9.17, 15) is 9.90 Å². The molecule has 1 aliphatic rings. The normalized spacial score (nSPS) is 18.5. The summed E-state index contributed by atoms with van der Waals surface area (Å²) in [5.74, 6) is -0.112. The number of rotatable bonds is 1. The van der Waals surface area contributed by atoms with Crippen molar-refractivity contribution in [3.63, 3.8) is 0 Å². The Bertz CT molecular complexity index is 391. The summed E-state index contributed by atoms with van der Waals surface area (Å²) in [6, 6.07) is 3.50. The Hall–Kier alpha value is -1.74. The maximum absolute atomic E-state index is 10.9. The average molecular weight is 187 g/mol. The van der Waals surface area contributed by atoms with Gasteiger partial charge in [-0.3, -0.25) is 9.78 Å². The number of hydrogen-bond acceptors (Lipinski definition) is 3. The first-order chi connectivity index (χ1) is 6.71. The highest BCUT2D eigenvalue weighted by atomic mass is 16.3. The minimum Gasteiger partial charge on any atom is -0.377 e. The maximum atomic E-state index is 10.9. The van der Waals surface area contributed by atoms with Crippen molar-refractivity contribution >= 4 is 5.78 Å². The number of carbonyl (C=O) groups is 1. The van der Waals surface area contributed by atoms with Crippen molar-refractivity contribution in [1.82, 2.24) is 4.98 Å². The third-order valence-electron chi connectivity index (χ3n) is 2.13. The Balaban J connectivity index is 2.40. The molecule has 1 heterocycles. The van der Waals surface area contributed by atoms with Gasteiger partial charge in [0.15, 0.2) is 5.78 Å². The van der Waals surface area contributed by atoms with Gasteiger partial charge in [0.05, 0.1) is 0 Å². The highest BCUT2D eigenvalue weighted by Gasteiger charge is 2.25. The standard InChI is InChI=1S/C11H9NO2/c13-10-3-5-11(14,6-4-10)9-2-1-7-12-8-9/h1-8,14H. The van der Waals surface area contributed by atoms with E-state index in [2.05, 4.69) is 4.98 Å². The van der Waals surface area contributed by atoms with Crippen molar-refractivity contribution in [3.05, 3.63) is 54.4 Å². The summed E-state index contributed by atoms with van der Waals surface area (Å²) in [4.78, 5) is 14.8. The summed E-state index contributed by atoms with van der Waals surface area (Å²) in [5, 5.41) is 10.1. The van der Waals surface area contributed by atoms with Gasteiger partial charge in [-0.1, -0.05) is 6.07 Å². The molecule has 0 aromatic carbocycles. The summed E-state index contributed by atoms with van der Waals surface area (Å²) < 4.78 is 0. The smallest absolute Gasteiger partial charge is 0.178 e. The van der Waals surface area contributed by atoms with E-state index in [1.807, 2.05) is 0 Å². The van der Waals surface area contributed by atoms with Crippen LogP contribution in [0.15, 0.2) is 48.8 Å². The number of aliphatic hydroxyl groups is 1. The molecule has 3 nitrogen and oxygen atoms in total. The zero-order valence-corrected chi connectivity index (χ0v) is 7.42. The molecule has 14 heavy (non-hydrogen) atoms. The van der Waals surface area contributed by atoms with E-state index in [1.165, 1.54) is 24.3 Å². The Morgan fingerprint density at radius 3 is 2.57 bits per heavy atom. The predicted molar refractivity (Wildman–Crippen MR) is 51.4 cm³/mol. The third kappa shape index (κ3) is 1.49.